The van der Waals surface area contributed by atoms with Crippen LogP contribution < -0.4 is 5.32 Å². The molecule has 0 bridgehead atoms. The number of hydrogen-bond acceptors (Lipinski definition) is 3. The van der Waals surface area contributed by atoms with Gasteiger partial charge >= 0.3 is 5.97 Å². The molecule has 0 heterocycles. The number of carbonyl (C=O) groups is 2. The zero-order valence-corrected chi connectivity index (χ0v) is 10.2. The fourth-order valence-corrected chi connectivity index (χ4v) is 1.51. The van der Waals surface area contributed by atoms with E-state index in [1.807, 2.05) is 6.92 Å². The van der Waals surface area contributed by atoms with Crippen LogP contribution in [0.4, 0.5) is 0 Å². The van der Waals surface area contributed by atoms with Gasteiger partial charge in [0.2, 0.25) is 5.91 Å². The number of carbonyl (C=O) groups excluding carboxylic acids is 1. The maximum absolute atomic E-state index is 11.5. The SMILES string of the molecule is CCCC(C)CC(=O)NC(COC)C(=O)O. The quantitative estimate of drug-likeness (QED) is 0.654. The predicted molar refractivity (Wildman–Crippen MR) is 60.1 cm³/mol. The minimum absolute atomic E-state index is 0.0107. The van der Waals surface area contributed by atoms with Gasteiger partial charge < -0.3 is 15.2 Å². The molecule has 0 aliphatic heterocycles. The van der Waals surface area contributed by atoms with Gasteiger partial charge in [0.25, 0.3) is 0 Å². The van der Waals surface area contributed by atoms with Gasteiger partial charge in [-0.2, -0.15) is 0 Å². The minimum Gasteiger partial charge on any atom is -0.480 e. The lowest BCUT2D eigenvalue weighted by molar-refractivity contribution is -0.143. The maximum Gasteiger partial charge on any atom is 0.328 e. The summed E-state index contributed by atoms with van der Waals surface area (Å²) in [4.78, 5) is 22.2. The Bertz CT molecular complexity index is 230. The first-order valence-corrected chi connectivity index (χ1v) is 5.52. The van der Waals surface area contributed by atoms with Gasteiger partial charge in [-0.3, -0.25) is 4.79 Å². The first-order chi connectivity index (χ1) is 7.51. The molecular formula is C11H21NO4. The molecule has 2 N–H and O–H groups in total. The molecule has 0 saturated carbocycles. The smallest absolute Gasteiger partial charge is 0.328 e. The third-order valence-corrected chi connectivity index (χ3v) is 2.28. The average molecular weight is 231 g/mol. The number of amides is 1. The summed E-state index contributed by atoms with van der Waals surface area (Å²) in [5.74, 6) is -1.02. The van der Waals surface area contributed by atoms with Crippen molar-refractivity contribution in [1.82, 2.24) is 5.32 Å². The second-order valence-electron chi connectivity index (χ2n) is 4.01. The van der Waals surface area contributed by atoms with Crippen molar-refractivity contribution in [2.75, 3.05) is 13.7 Å². The van der Waals surface area contributed by atoms with Gasteiger partial charge in [-0.1, -0.05) is 26.7 Å². The molecule has 0 radical (unpaired) electrons. The minimum atomic E-state index is -1.07. The van der Waals surface area contributed by atoms with Crippen LogP contribution in [0, 0.1) is 5.92 Å². The Morgan fingerprint density at radius 1 is 1.44 bits per heavy atom. The Morgan fingerprint density at radius 3 is 2.50 bits per heavy atom. The summed E-state index contributed by atoms with van der Waals surface area (Å²) in [7, 11) is 1.40. The van der Waals surface area contributed by atoms with Crippen molar-refractivity contribution in [3.8, 4) is 0 Å². The number of carboxylic acids is 1. The molecule has 0 spiro atoms. The van der Waals surface area contributed by atoms with Crippen molar-refractivity contribution in [3.63, 3.8) is 0 Å². The second kappa shape index (κ2) is 8.10. The Kier molecular flexibility index (Phi) is 7.54. The van der Waals surface area contributed by atoms with Gasteiger partial charge in [0.05, 0.1) is 6.61 Å². The number of ether oxygens (including phenoxy) is 1. The first kappa shape index (κ1) is 14.9. The van der Waals surface area contributed by atoms with Gasteiger partial charge in [0, 0.05) is 13.5 Å². The Morgan fingerprint density at radius 2 is 2.06 bits per heavy atom. The number of aliphatic carboxylic acids is 1. The fourth-order valence-electron chi connectivity index (χ4n) is 1.51. The molecule has 94 valence electrons. The molecule has 0 aliphatic carbocycles. The number of nitrogens with one attached hydrogen (secondary N) is 1. The summed E-state index contributed by atoms with van der Waals surface area (Å²) in [6.45, 7) is 4.03. The van der Waals surface area contributed by atoms with Crippen LogP contribution in [-0.2, 0) is 14.3 Å². The Labute approximate surface area is 96.2 Å². The van der Waals surface area contributed by atoms with Gasteiger partial charge in [-0.15, -0.1) is 0 Å². The molecule has 5 heteroatoms. The van der Waals surface area contributed by atoms with Gasteiger partial charge in [0.1, 0.15) is 0 Å². The van der Waals surface area contributed by atoms with Gasteiger partial charge in [-0.05, 0) is 5.92 Å². The summed E-state index contributed by atoms with van der Waals surface area (Å²) in [5, 5.41) is 11.2. The lowest BCUT2D eigenvalue weighted by Gasteiger charge is -2.15. The monoisotopic (exact) mass is 231 g/mol. The van der Waals surface area contributed by atoms with Gasteiger partial charge in [-0.25, -0.2) is 4.79 Å². The van der Waals surface area contributed by atoms with E-state index in [2.05, 4.69) is 12.2 Å². The van der Waals surface area contributed by atoms with E-state index in [-0.39, 0.29) is 18.4 Å². The third kappa shape index (κ3) is 6.40. The molecule has 2 unspecified atom stereocenters. The molecule has 0 fully saturated rings. The van der Waals surface area contributed by atoms with Crippen molar-refractivity contribution in [2.45, 2.75) is 39.2 Å². The Balaban J connectivity index is 4.04. The van der Waals surface area contributed by atoms with Crippen molar-refractivity contribution in [2.24, 2.45) is 5.92 Å². The van der Waals surface area contributed by atoms with Crippen LogP contribution in [0.2, 0.25) is 0 Å². The molecule has 1 amide bonds. The van der Waals surface area contributed by atoms with E-state index < -0.39 is 12.0 Å². The van der Waals surface area contributed by atoms with Crippen LogP contribution >= 0.6 is 0 Å². The van der Waals surface area contributed by atoms with Crippen LogP contribution in [-0.4, -0.2) is 36.7 Å². The summed E-state index contributed by atoms with van der Waals surface area (Å²) in [6, 6.07) is -0.952. The maximum atomic E-state index is 11.5. The molecule has 16 heavy (non-hydrogen) atoms. The van der Waals surface area contributed by atoms with Crippen LogP contribution in [0.3, 0.4) is 0 Å². The van der Waals surface area contributed by atoms with Crippen LogP contribution in [0.5, 0.6) is 0 Å². The third-order valence-electron chi connectivity index (χ3n) is 2.28. The van der Waals surface area contributed by atoms with E-state index >= 15 is 0 Å². The number of hydrogen-bond donors (Lipinski definition) is 2. The fraction of sp³-hybridized carbons (Fsp3) is 0.818. The van der Waals surface area contributed by atoms with Crippen molar-refractivity contribution >= 4 is 11.9 Å². The van der Waals surface area contributed by atoms with E-state index in [0.29, 0.717) is 6.42 Å². The lowest BCUT2D eigenvalue weighted by Crippen LogP contribution is -2.44. The molecule has 0 saturated heterocycles. The van der Waals surface area contributed by atoms with Crippen molar-refractivity contribution < 1.29 is 19.4 Å². The summed E-state index contributed by atoms with van der Waals surface area (Å²) in [6.07, 6.45) is 2.35. The second-order valence-corrected chi connectivity index (χ2v) is 4.01. The summed E-state index contributed by atoms with van der Waals surface area (Å²) >= 11 is 0. The highest BCUT2D eigenvalue weighted by atomic mass is 16.5. The zero-order valence-electron chi connectivity index (χ0n) is 10.2. The first-order valence-electron chi connectivity index (χ1n) is 5.52. The van der Waals surface area contributed by atoms with Crippen LogP contribution in [0.25, 0.3) is 0 Å². The zero-order chi connectivity index (χ0) is 12.6. The predicted octanol–water partition coefficient (Wildman–Crippen LogP) is 1.03. The molecule has 0 aromatic rings. The topological polar surface area (TPSA) is 75.6 Å². The number of carboxylic acid groups (broad SMARTS) is 1. The number of rotatable bonds is 8. The molecule has 2 atom stereocenters. The lowest BCUT2D eigenvalue weighted by atomic mass is 10.0. The van der Waals surface area contributed by atoms with Crippen molar-refractivity contribution in [1.29, 1.82) is 0 Å². The average Bonchev–Trinajstić information content (AvgIpc) is 2.16. The van der Waals surface area contributed by atoms with E-state index in [1.165, 1.54) is 7.11 Å². The number of methoxy groups -OCH3 is 1. The highest BCUT2D eigenvalue weighted by Gasteiger charge is 2.20. The Hall–Kier alpha value is -1.10. The molecule has 0 aromatic carbocycles. The molecule has 0 aromatic heterocycles. The van der Waals surface area contributed by atoms with Crippen molar-refractivity contribution in [3.05, 3.63) is 0 Å². The largest absolute Gasteiger partial charge is 0.480 e. The molecule has 5 nitrogen and oxygen atoms in total. The normalized spacial score (nSPS) is 14.2. The van der Waals surface area contributed by atoms with Crippen LogP contribution in [0.1, 0.15) is 33.1 Å². The standard InChI is InChI=1S/C11H21NO4/c1-4-5-8(2)6-10(13)12-9(7-16-3)11(14)15/h8-9H,4-7H2,1-3H3,(H,12,13)(H,14,15). The van der Waals surface area contributed by atoms with Crippen LogP contribution in [0.15, 0.2) is 0 Å². The van der Waals surface area contributed by atoms with E-state index in [4.69, 9.17) is 9.84 Å². The highest BCUT2D eigenvalue weighted by molar-refractivity contribution is 5.83. The summed E-state index contributed by atoms with van der Waals surface area (Å²) < 4.78 is 4.72. The van der Waals surface area contributed by atoms with E-state index in [9.17, 15) is 9.59 Å². The molecular weight excluding hydrogens is 210 g/mol. The molecule has 0 aliphatic rings. The van der Waals surface area contributed by atoms with E-state index in [0.717, 1.165) is 12.8 Å². The van der Waals surface area contributed by atoms with Gasteiger partial charge in [0.15, 0.2) is 6.04 Å². The summed E-state index contributed by atoms with van der Waals surface area (Å²) in [5.41, 5.74) is 0. The van der Waals surface area contributed by atoms with E-state index in [1.54, 1.807) is 0 Å². The highest BCUT2D eigenvalue weighted by Crippen LogP contribution is 2.09. The molecule has 0 rings (SSSR count).